The molecular weight excluding hydrogens is 328 g/mol. The minimum atomic E-state index is 0.448. The van der Waals surface area contributed by atoms with Crippen LogP contribution in [0, 0.1) is 0 Å². The summed E-state index contributed by atoms with van der Waals surface area (Å²) in [6.45, 7) is 1.89. The maximum Gasteiger partial charge on any atom is 0.0561 e. The molecule has 98 valence electrons. The number of thiophene rings is 2. The van der Waals surface area contributed by atoms with Crippen molar-refractivity contribution in [3.8, 4) is 0 Å². The highest BCUT2D eigenvalue weighted by Crippen LogP contribution is 2.24. The lowest BCUT2D eigenvalue weighted by Crippen LogP contribution is -2.30. The lowest BCUT2D eigenvalue weighted by Gasteiger charge is -2.23. The van der Waals surface area contributed by atoms with Gasteiger partial charge in [0.15, 0.2) is 0 Å². The first kappa shape index (κ1) is 14.2. The fourth-order valence-electron chi connectivity index (χ4n) is 1.79. The quantitative estimate of drug-likeness (QED) is 0.852. The Balaban J connectivity index is 1.89. The third-order valence-corrected chi connectivity index (χ3v) is 5.71. The second kappa shape index (κ2) is 6.82. The molecule has 2 aromatic rings. The third kappa shape index (κ3) is 3.65. The van der Waals surface area contributed by atoms with E-state index in [9.17, 15) is 0 Å². The first-order valence-electron chi connectivity index (χ1n) is 5.81. The monoisotopic (exact) mass is 344 g/mol. The predicted molar refractivity (Wildman–Crippen MR) is 84.5 cm³/mol. The number of nitrogens with zero attached hydrogens (tertiary/aromatic N) is 1. The molecule has 5 heteroatoms. The van der Waals surface area contributed by atoms with E-state index in [4.69, 9.17) is 0 Å². The van der Waals surface area contributed by atoms with Crippen LogP contribution in [0.2, 0.25) is 0 Å². The molecule has 0 saturated heterocycles. The van der Waals surface area contributed by atoms with Crippen LogP contribution in [-0.2, 0) is 6.54 Å². The summed E-state index contributed by atoms with van der Waals surface area (Å²) < 4.78 is 1.21. The summed E-state index contributed by atoms with van der Waals surface area (Å²) in [7, 11) is 4.26. The van der Waals surface area contributed by atoms with Gasteiger partial charge in [-0.1, -0.05) is 6.07 Å². The molecule has 2 rings (SSSR count). The molecule has 0 aliphatic heterocycles. The Morgan fingerprint density at radius 2 is 2.11 bits per heavy atom. The fourth-order valence-corrected chi connectivity index (χ4v) is 4.18. The van der Waals surface area contributed by atoms with E-state index in [2.05, 4.69) is 69.2 Å². The normalized spacial score (nSPS) is 13.1. The van der Waals surface area contributed by atoms with Crippen molar-refractivity contribution in [3.05, 3.63) is 43.2 Å². The number of nitrogens with one attached hydrogen (secondary N) is 1. The van der Waals surface area contributed by atoms with Crippen LogP contribution < -0.4 is 5.32 Å². The Hall–Kier alpha value is -0.200. The molecule has 0 radical (unpaired) electrons. The molecule has 0 aliphatic rings. The van der Waals surface area contributed by atoms with Crippen molar-refractivity contribution in [3.63, 3.8) is 0 Å². The zero-order chi connectivity index (χ0) is 13.0. The van der Waals surface area contributed by atoms with Crippen molar-refractivity contribution < 1.29 is 0 Å². The standard InChI is InChI=1S/C13H17BrN2S2/c1-16(2)11(12-4-3-6-17-12)8-15-9-13-10(14)5-7-18-13/h3-7,11,15H,8-9H2,1-2H3. The highest BCUT2D eigenvalue weighted by molar-refractivity contribution is 9.10. The van der Waals surface area contributed by atoms with Crippen LogP contribution in [0.5, 0.6) is 0 Å². The second-order valence-electron chi connectivity index (χ2n) is 4.32. The topological polar surface area (TPSA) is 15.3 Å². The molecule has 1 unspecified atom stereocenters. The van der Waals surface area contributed by atoms with Gasteiger partial charge in [0, 0.05) is 27.3 Å². The average molecular weight is 345 g/mol. The molecule has 0 aromatic carbocycles. The van der Waals surface area contributed by atoms with Gasteiger partial charge in [-0.25, -0.2) is 0 Å². The highest BCUT2D eigenvalue weighted by Gasteiger charge is 2.14. The Kier molecular flexibility index (Phi) is 5.38. The number of rotatable bonds is 6. The Morgan fingerprint density at radius 3 is 2.67 bits per heavy atom. The van der Waals surface area contributed by atoms with Crippen molar-refractivity contribution in [2.75, 3.05) is 20.6 Å². The van der Waals surface area contributed by atoms with Crippen LogP contribution in [0.4, 0.5) is 0 Å². The lowest BCUT2D eigenvalue weighted by atomic mass is 10.2. The highest BCUT2D eigenvalue weighted by atomic mass is 79.9. The van der Waals surface area contributed by atoms with E-state index < -0.39 is 0 Å². The molecule has 0 aliphatic carbocycles. The van der Waals surface area contributed by atoms with Crippen LogP contribution in [0.15, 0.2) is 33.4 Å². The van der Waals surface area contributed by atoms with Crippen molar-refractivity contribution >= 4 is 38.6 Å². The Morgan fingerprint density at radius 1 is 1.28 bits per heavy atom. The van der Waals surface area contributed by atoms with E-state index in [-0.39, 0.29) is 0 Å². The van der Waals surface area contributed by atoms with Crippen molar-refractivity contribution in [2.45, 2.75) is 12.6 Å². The van der Waals surface area contributed by atoms with Gasteiger partial charge in [0.2, 0.25) is 0 Å². The number of hydrogen-bond acceptors (Lipinski definition) is 4. The minimum Gasteiger partial charge on any atom is -0.310 e. The lowest BCUT2D eigenvalue weighted by molar-refractivity contribution is 0.292. The molecule has 1 N–H and O–H groups in total. The van der Waals surface area contributed by atoms with Gasteiger partial charge in [-0.3, -0.25) is 0 Å². The summed E-state index contributed by atoms with van der Waals surface area (Å²) in [5.74, 6) is 0. The Labute approximate surface area is 125 Å². The summed E-state index contributed by atoms with van der Waals surface area (Å²) in [5, 5.41) is 7.80. The van der Waals surface area contributed by atoms with Gasteiger partial charge in [0.1, 0.15) is 0 Å². The van der Waals surface area contributed by atoms with Crippen LogP contribution >= 0.6 is 38.6 Å². The van der Waals surface area contributed by atoms with Crippen LogP contribution in [0.25, 0.3) is 0 Å². The number of hydrogen-bond donors (Lipinski definition) is 1. The molecule has 0 bridgehead atoms. The minimum absolute atomic E-state index is 0.448. The van der Waals surface area contributed by atoms with Crippen LogP contribution in [-0.4, -0.2) is 25.5 Å². The number of halogens is 1. The van der Waals surface area contributed by atoms with Gasteiger partial charge in [-0.15, -0.1) is 22.7 Å². The predicted octanol–water partition coefficient (Wildman–Crippen LogP) is 3.96. The van der Waals surface area contributed by atoms with E-state index in [1.165, 1.54) is 14.2 Å². The average Bonchev–Trinajstić information content (AvgIpc) is 2.96. The smallest absolute Gasteiger partial charge is 0.0561 e. The van der Waals surface area contributed by atoms with Gasteiger partial charge in [0.05, 0.1) is 6.04 Å². The largest absolute Gasteiger partial charge is 0.310 e. The van der Waals surface area contributed by atoms with E-state index in [0.29, 0.717) is 6.04 Å². The molecule has 2 nitrogen and oxygen atoms in total. The summed E-state index contributed by atoms with van der Waals surface area (Å²) in [6.07, 6.45) is 0. The van der Waals surface area contributed by atoms with Gasteiger partial charge in [0.25, 0.3) is 0 Å². The van der Waals surface area contributed by atoms with Gasteiger partial charge >= 0.3 is 0 Å². The van der Waals surface area contributed by atoms with Crippen LogP contribution in [0.3, 0.4) is 0 Å². The molecule has 2 aromatic heterocycles. The van der Waals surface area contributed by atoms with Gasteiger partial charge in [-0.2, -0.15) is 0 Å². The molecule has 0 spiro atoms. The number of likely N-dealkylation sites (N-methyl/N-ethyl adjacent to an activating group) is 1. The summed E-state index contributed by atoms with van der Waals surface area (Å²) in [6, 6.07) is 6.87. The summed E-state index contributed by atoms with van der Waals surface area (Å²) in [5.41, 5.74) is 0. The first-order chi connectivity index (χ1) is 8.68. The molecule has 18 heavy (non-hydrogen) atoms. The molecule has 0 fully saturated rings. The van der Waals surface area contributed by atoms with Crippen molar-refractivity contribution in [2.24, 2.45) is 0 Å². The molecule has 2 heterocycles. The van der Waals surface area contributed by atoms with Crippen molar-refractivity contribution in [1.29, 1.82) is 0 Å². The van der Waals surface area contributed by atoms with E-state index in [1.54, 1.807) is 11.3 Å². The second-order valence-corrected chi connectivity index (χ2v) is 7.15. The molecule has 1 atom stereocenters. The molecule has 0 amide bonds. The summed E-state index contributed by atoms with van der Waals surface area (Å²) >= 11 is 7.17. The van der Waals surface area contributed by atoms with E-state index in [0.717, 1.165) is 13.1 Å². The van der Waals surface area contributed by atoms with Gasteiger partial charge < -0.3 is 10.2 Å². The van der Waals surface area contributed by atoms with Crippen LogP contribution in [0.1, 0.15) is 15.8 Å². The third-order valence-electron chi connectivity index (χ3n) is 2.81. The SMILES string of the molecule is CN(C)C(CNCc1sccc1Br)c1cccs1. The zero-order valence-corrected chi connectivity index (χ0v) is 13.7. The Bertz CT molecular complexity index is 465. The van der Waals surface area contributed by atoms with E-state index in [1.807, 2.05) is 11.3 Å². The zero-order valence-electron chi connectivity index (χ0n) is 10.5. The van der Waals surface area contributed by atoms with Gasteiger partial charge in [-0.05, 0) is 52.9 Å². The van der Waals surface area contributed by atoms with E-state index >= 15 is 0 Å². The fraction of sp³-hybridized carbons (Fsp3) is 0.385. The maximum absolute atomic E-state index is 3.56. The molecule has 0 saturated carbocycles. The molecular formula is C13H17BrN2S2. The first-order valence-corrected chi connectivity index (χ1v) is 8.36. The summed E-state index contributed by atoms with van der Waals surface area (Å²) in [4.78, 5) is 5.04. The maximum atomic E-state index is 3.56. The van der Waals surface area contributed by atoms with Crippen molar-refractivity contribution in [1.82, 2.24) is 10.2 Å².